The molecular weight excluding hydrogens is 204 g/mol. The van der Waals surface area contributed by atoms with E-state index in [9.17, 15) is 4.79 Å². The van der Waals surface area contributed by atoms with E-state index in [1.807, 2.05) is 0 Å². The SMILES string of the molecule is CC(C)(Cn1cnnc1CCl)C(N)=O. The summed E-state index contributed by atoms with van der Waals surface area (Å²) in [6, 6.07) is 0. The fourth-order valence-corrected chi connectivity index (χ4v) is 1.23. The van der Waals surface area contributed by atoms with Crippen molar-refractivity contribution < 1.29 is 4.79 Å². The van der Waals surface area contributed by atoms with Gasteiger partial charge in [-0.15, -0.1) is 21.8 Å². The van der Waals surface area contributed by atoms with E-state index in [-0.39, 0.29) is 11.8 Å². The number of amides is 1. The number of nitrogens with two attached hydrogens (primary N) is 1. The van der Waals surface area contributed by atoms with Gasteiger partial charge in [0, 0.05) is 6.54 Å². The molecule has 0 fully saturated rings. The van der Waals surface area contributed by atoms with Crippen LogP contribution < -0.4 is 5.73 Å². The number of carbonyl (C=O) groups excluding carboxylic acids is 1. The fraction of sp³-hybridized carbons (Fsp3) is 0.625. The molecule has 78 valence electrons. The zero-order valence-electron chi connectivity index (χ0n) is 8.20. The van der Waals surface area contributed by atoms with E-state index >= 15 is 0 Å². The minimum Gasteiger partial charge on any atom is -0.369 e. The highest BCUT2D eigenvalue weighted by Crippen LogP contribution is 2.18. The molecule has 14 heavy (non-hydrogen) atoms. The molecule has 1 rings (SSSR count). The van der Waals surface area contributed by atoms with Gasteiger partial charge in [-0.2, -0.15) is 0 Å². The van der Waals surface area contributed by atoms with Gasteiger partial charge in [-0.1, -0.05) is 0 Å². The van der Waals surface area contributed by atoms with Crippen LogP contribution in [0, 0.1) is 5.41 Å². The Morgan fingerprint density at radius 3 is 2.86 bits per heavy atom. The first-order valence-electron chi connectivity index (χ1n) is 4.20. The van der Waals surface area contributed by atoms with Crippen LogP contribution in [0.3, 0.4) is 0 Å². The highest BCUT2D eigenvalue weighted by Gasteiger charge is 2.26. The van der Waals surface area contributed by atoms with Crippen molar-refractivity contribution in [1.82, 2.24) is 14.8 Å². The van der Waals surface area contributed by atoms with Crippen molar-refractivity contribution >= 4 is 17.5 Å². The van der Waals surface area contributed by atoms with Crippen molar-refractivity contribution in [2.24, 2.45) is 11.1 Å². The molecule has 0 radical (unpaired) electrons. The summed E-state index contributed by atoms with van der Waals surface area (Å²) in [4.78, 5) is 11.1. The molecule has 1 aromatic rings. The molecule has 0 aromatic carbocycles. The van der Waals surface area contributed by atoms with Gasteiger partial charge in [0.05, 0.1) is 11.3 Å². The summed E-state index contributed by atoms with van der Waals surface area (Å²) >= 11 is 5.64. The quantitative estimate of drug-likeness (QED) is 0.746. The molecular formula is C8H13ClN4O. The van der Waals surface area contributed by atoms with E-state index in [0.29, 0.717) is 12.4 Å². The molecule has 0 unspecified atom stereocenters. The molecule has 0 saturated heterocycles. The maximum absolute atomic E-state index is 11.1. The van der Waals surface area contributed by atoms with E-state index in [4.69, 9.17) is 17.3 Å². The van der Waals surface area contributed by atoms with Crippen LogP contribution in [0.25, 0.3) is 0 Å². The van der Waals surface area contributed by atoms with Crippen molar-refractivity contribution in [2.45, 2.75) is 26.3 Å². The number of halogens is 1. The number of primary amides is 1. The van der Waals surface area contributed by atoms with Gasteiger partial charge in [0.1, 0.15) is 12.2 Å². The molecule has 1 heterocycles. The lowest BCUT2D eigenvalue weighted by Gasteiger charge is -2.21. The predicted molar refractivity (Wildman–Crippen MR) is 52.6 cm³/mol. The van der Waals surface area contributed by atoms with E-state index in [1.54, 1.807) is 24.7 Å². The topological polar surface area (TPSA) is 73.8 Å². The molecule has 1 amide bonds. The van der Waals surface area contributed by atoms with Gasteiger partial charge in [0.25, 0.3) is 0 Å². The van der Waals surface area contributed by atoms with Crippen LogP contribution >= 0.6 is 11.6 Å². The number of alkyl halides is 1. The van der Waals surface area contributed by atoms with Crippen LogP contribution in [-0.2, 0) is 17.2 Å². The number of nitrogens with zero attached hydrogens (tertiary/aromatic N) is 3. The van der Waals surface area contributed by atoms with Crippen LogP contribution in [0.2, 0.25) is 0 Å². The Morgan fingerprint density at radius 1 is 1.71 bits per heavy atom. The highest BCUT2D eigenvalue weighted by atomic mass is 35.5. The molecule has 1 aromatic heterocycles. The average molecular weight is 217 g/mol. The molecule has 0 aliphatic heterocycles. The molecule has 0 bridgehead atoms. The standard InChI is InChI=1S/C8H13ClN4O/c1-8(2,7(10)14)4-13-5-11-12-6(13)3-9/h5H,3-4H2,1-2H3,(H2,10,14). The van der Waals surface area contributed by atoms with Crippen LogP contribution in [-0.4, -0.2) is 20.7 Å². The summed E-state index contributed by atoms with van der Waals surface area (Å²) in [5.41, 5.74) is 4.63. The van der Waals surface area contributed by atoms with Crippen molar-refractivity contribution in [1.29, 1.82) is 0 Å². The van der Waals surface area contributed by atoms with Gasteiger partial charge >= 0.3 is 0 Å². The lowest BCUT2D eigenvalue weighted by molar-refractivity contribution is -0.126. The summed E-state index contributed by atoms with van der Waals surface area (Å²) in [7, 11) is 0. The number of carbonyl (C=O) groups is 1. The highest BCUT2D eigenvalue weighted by molar-refractivity contribution is 6.16. The Labute approximate surface area is 87.3 Å². The Bertz CT molecular complexity index is 334. The van der Waals surface area contributed by atoms with Gasteiger partial charge in [-0.25, -0.2) is 0 Å². The minimum absolute atomic E-state index is 0.273. The van der Waals surface area contributed by atoms with Crippen LogP contribution in [0.1, 0.15) is 19.7 Å². The number of aromatic nitrogens is 3. The van der Waals surface area contributed by atoms with E-state index in [0.717, 1.165) is 0 Å². The van der Waals surface area contributed by atoms with Crippen molar-refractivity contribution in [2.75, 3.05) is 0 Å². The second-order valence-corrected chi connectivity index (χ2v) is 4.02. The smallest absolute Gasteiger partial charge is 0.224 e. The lowest BCUT2D eigenvalue weighted by atomic mass is 9.93. The molecule has 0 spiro atoms. The van der Waals surface area contributed by atoms with Gasteiger partial charge < -0.3 is 10.3 Å². The minimum atomic E-state index is -0.622. The van der Waals surface area contributed by atoms with Crippen LogP contribution in [0.15, 0.2) is 6.33 Å². The summed E-state index contributed by atoms with van der Waals surface area (Å²) in [6.07, 6.45) is 1.54. The van der Waals surface area contributed by atoms with Crippen LogP contribution in [0.4, 0.5) is 0 Å². The third kappa shape index (κ3) is 2.23. The van der Waals surface area contributed by atoms with Gasteiger partial charge in [-0.3, -0.25) is 4.79 Å². The molecule has 0 saturated carbocycles. The second kappa shape index (κ2) is 3.96. The normalized spacial score (nSPS) is 11.6. The first-order valence-corrected chi connectivity index (χ1v) is 4.73. The molecule has 0 atom stereocenters. The van der Waals surface area contributed by atoms with E-state index in [2.05, 4.69) is 10.2 Å². The number of hydrogen-bond donors (Lipinski definition) is 1. The zero-order valence-corrected chi connectivity index (χ0v) is 8.95. The maximum atomic E-state index is 11.1. The summed E-state index contributed by atoms with van der Waals surface area (Å²) in [5.74, 6) is 0.558. The summed E-state index contributed by atoms with van der Waals surface area (Å²) < 4.78 is 1.73. The third-order valence-electron chi connectivity index (χ3n) is 2.05. The van der Waals surface area contributed by atoms with Crippen molar-refractivity contribution in [3.8, 4) is 0 Å². The summed E-state index contributed by atoms with van der Waals surface area (Å²) in [5, 5.41) is 7.52. The Kier molecular flexibility index (Phi) is 3.10. The fourth-order valence-electron chi connectivity index (χ4n) is 1.02. The number of hydrogen-bond acceptors (Lipinski definition) is 3. The van der Waals surface area contributed by atoms with E-state index < -0.39 is 5.41 Å². The maximum Gasteiger partial charge on any atom is 0.224 e. The second-order valence-electron chi connectivity index (χ2n) is 3.76. The zero-order chi connectivity index (χ0) is 10.8. The molecule has 0 aliphatic carbocycles. The van der Waals surface area contributed by atoms with Gasteiger partial charge in [0.15, 0.2) is 0 Å². The Hall–Kier alpha value is -1.10. The first-order chi connectivity index (χ1) is 6.47. The molecule has 6 heteroatoms. The average Bonchev–Trinajstić information content (AvgIpc) is 2.50. The lowest BCUT2D eigenvalue weighted by Crippen LogP contribution is -2.35. The molecule has 2 N–H and O–H groups in total. The Balaban J connectivity index is 2.83. The largest absolute Gasteiger partial charge is 0.369 e. The predicted octanol–water partition coefficient (Wildman–Crippen LogP) is 0.528. The monoisotopic (exact) mass is 216 g/mol. The molecule has 5 nitrogen and oxygen atoms in total. The van der Waals surface area contributed by atoms with E-state index in [1.165, 1.54) is 0 Å². The Morgan fingerprint density at radius 2 is 2.36 bits per heavy atom. The van der Waals surface area contributed by atoms with Gasteiger partial charge in [-0.05, 0) is 13.8 Å². The first kappa shape index (κ1) is 11.0. The third-order valence-corrected chi connectivity index (χ3v) is 2.29. The van der Waals surface area contributed by atoms with Gasteiger partial charge in [0.2, 0.25) is 5.91 Å². The van der Waals surface area contributed by atoms with Crippen molar-refractivity contribution in [3.63, 3.8) is 0 Å². The summed E-state index contributed by atoms with van der Waals surface area (Å²) in [6.45, 7) is 3.98. The number of rotatable bonds is 4. The molecule has 0 aliphatic rings. The van der Waals surface area contributed by atoms with Crippen LogP contribution in [0.5, 0.6) is 0 Å². The van der Waals surface area contributed by atoms with Crippen molar-refractivity contribution in [3.05, 3.63) is 12.2 Å².